The van der Waals surface area contributed by atoms with Gasteiger partial charge in [-0.2, -0.15) is 20.4 Å². The van der Waals surface area contributed by atoms with Crippen molar-refractivity contribution in [2.45, 2.75) is 18.8 Å². The lowest BCUT2D eigenvalue weighted by Crippen LogP contribution is -2.28. The van der Waals surface area contributed by atoms with Gasteiger partial charge < -0.3 is 9.84 Å². The summed E-state index contributed by atoms with van der Waals surface area (Å²) >= 11 is 0. The highest BCUT2D eigenvalue weighted by atomic mass is 16.5. The van der Waals surface area contributed by atoms with E-state index in [-0.39, 0.29) is 0 Å². The van der Waals surface area contributed by atoms with Gasteiger partial charge in [0.05, 0.1) is 12.1 Å². The summed E-state index contributed by atoms with van der Waals surface area (Å²) in [5.41, 5.74) is 0.610. The maximum atomic E-state index is 5.25. The summed E-state index contributed by atoms with van der Waals surface area (Å²) in [5, 5.41) is 17.4. The number of aromatic nitrogens is 5. The molecule has 1 atom stereocenters. The molecule has 1 saturated heterocycles. The molecule has 0 amide bonds. The molecule has 3 heterocycles. The topological polar surface area (TPSA) is 92.5 Å². The standard InChI is InChI=1S/C9H12N6O/c1-2-6(4-10-3-1)9-12-8(14-16-9)7-5-11-15-13-7/h5-6,10H,1-4H2,(H,11,13,15)/t6-/m0/s1. The summed E-state index contributed by atoms with van der Waals surface area (Å²) in [5.74, 6) is 1.50. The second kappa shape index (κ2) is 4.01. The molecule has 0 aromatic carbocycles. The minimum absolute atomic E-state index is 0.321. The Morgan fingerprint density at radius 2 is 2.44 bits per heavy atom. The molecular weight excluding hydrogens is 208 g/mol. The van der Waals surface area contributed by atoms with E-state index in [4.69, 9.17) is 4.52 Å². The average Bonchev–Trinajstić information content (AvgIpc) is 3.01. The van der Waals surface area contributed by atoms with Gasteiger partial charge in [0, 0.05) is 6.54 Å². The number of aromatic amines is 1. The Balaban J connectivity index is 1.82. The highest BCUT2D eigenvalue weighted by Gasteiger charge is 2.22. The van der Waals surface area contributed by atoms with Crippen molar-refractivity contribution < 1.29 is 4.52 Å². The van der Waals surface area contributed by atoms with Gasteiger partial charge in [0.2, 0.25) is 11.7 Å². The number of H-pyrrole nitrogens is 1. The molecule has 3 rings (SSSR count). The van der Waals surface area contributed by atoms with Crippen molar-refractivity contribution in [1.29, 1.82) is 0 Å². The predicted molar refractivity (Wildman–Crippen MR) is 54.5 cm³/mol. The minimum atomic E-state index is 0.321. The van der Waals surface area contributed by atoms with Crippen LogP contribution >= 0.6 is 0 Å². The summed E-state index contributed by atoms with van der Waals surface area (Å²) in [6.45, 7) is 1.97. The summed E-state index contributed by atoms with van der Waals surface area (Å²) in [7, 11) is 0. The fourth-order valence-electron chi connectivity index (χ4n) is 1.88. The first-order valence-corrected chi connectivity index (χ1v) is 5.34. The molecule has 84 valence electrons. The average molecular weight is 220 g/mol. The molecule has 0 aliphatic carbocycles. The van der Waals surface area contributed by atoms with Gasteiger partial charge in [-0.15, -0.1) is 0 Å². The minimum Gasteiger partial charge on any atom is -0.339 e. The fourth-order valence-corrected chi connectivity index (χ4v) is 1.88. The van der Waals surface area contributed by atoms with E-state index >= 15 is 0 Å². The molecule has 0 saturated carbocycles. The third-order valence-corrected chi connectivity index (χ3v) is 2.73. The second-order valence-corrected chi connectivity index (χ2v) is 3.85. The van der Waals surface area contributed by atoms with Crippen LogP contribution in [-0.4, -0.2) is 38.6 Å². The Kier molecular flexibility index (Phi) is 2.37. The molecule has 16 heavy (non-hydrogen) atoms. The third-order valence-electron chi connectivity index (χ3n) is 2.73. The second-order valence-electron chi connectivity index (χ2n) is 3.85. The van der Waals surface area contributed by atoms with Crippen LogP contribution in [0.25, 0.3) is 11.5 Å². The van der Waals surface area contributed by atoms with Crippen molar-refractivity contribution in [2.24, 2.45) is 0 Å². The normalized spacial score (nSPS) is 21.1. The van der Waals surface area contributed by atoms with Crippen LogP contribution in [0.2, 0.25) is 0 Å². The molecule has 7 heteroatoms. The zero-order chi connectivity index (χ0) is 10.8. The van der Waals surface area contributed by atoms with E-state index in [1.807, 2.05) is 0 Å². The molecule has 2 N–H and O–H groups in total. The van der Waals surface area contributed by atoms with Crippen LogP contribution in [0.4, 0.5) is 0 Å². The molecular formula is C9H12N6O. The van der Waals surface area contributed by atoms with Crippen LogP contribution in [0, 0.1) is 0 Å². The maximum absolute atomic E-state index is 5.25. The van der Waals surface area contributed by atoms with E-state index in [1.165, 1.54) is 0 Å². The van der Waals surface area contributed by atoms with Gasteiger partial charge in [-0.3, -0.25) is 0 Å². The lowest BCUT2D eigenvalue weighted by molar-refractivity contribution is 0.322. The largest absolute Gasteiger partial charge is 0.339 e. The van der Waals surface area contributed by atoms with Crippen LogP contribution in [0.1, 0.15) is 24.7 Å². The number of hydrogen-bond acceptors (Lipinski definition) is 6. The van der Waals surface area contributed by atoms with Gasteiger partial charge >= 0.3 is 0 Å². The molecule has 1 aliphatic heterocycles. The van der Waals surface area contributed by atoms with E-state index in [1.54, 1.807) is 6.20 Å². The van der Waals surface area contributed by atoms with Crippen molar-refractivity contribution in [3.63, 3.8) is 0 Å². The first-order chi connectivity index (χ1) is 7.93. The fraction of sp³-hybridized carbons (Fsp3) is 0.556. The van der Waals surface area contributed by atoms with Crippen molar-refractivity contribution in [2.75, 3.05) is 13.1 Å². The van der Waals surface area contributed by atoms with Crippen LogP contribution in [0.15, 0.2) is 10.7 Å². The van der Waals surface area contributed by atoms with Crippen LogP contribution in [0.5, 0.6) is 0 Å². The van der Waals surface area contributed by atoms with E-state index in [0.29, 0.717) is 23.3 Å². The van der Waals surface area contributed by atoms with Crippen molar-refractivity contribution in [3.05, 3.63) is 12.1 Å². The van der Waals surface area contributed by atoms with Crippen LogP contribution in [-0.2, 0) is 0 Å². The number of nitrogens with one attached hydrogen (secondary N) is 2. The summed E-state index contributed by atoms with van der Waals surface area (Å²) in [6, 6.07) is 0. The zero-order valence-corrected chi connectivity index (χ0v) is 8.68. The lowest BCUT2D eigenvalue weighted by atomic mass is 10.00. The van der Waals surface area contributed by atoms with E-state index in [0.717, 1.165) is 25.9 Å². The number of piperidine rings is 1. The molecule has 1 aliphatic rings. The monoisotopic (exact) mass is 220 g/mol. The van der Waals surface area contributed by atoms with Crippen molar-refractivity contribution >= 4 is 0 Å². The summed E-state index contributed by atoms with van der Waals surface area (Å²) < 4.78 is 5.25. The number of hydrogen-bond donors (Lipinski definition) is 2. The molecule has 7 nitrogen and oxygen atoms in total. The smallest absolute Gasteiger partial charge is 0.231 e. The van der Waals surface area contributed by atoms with Crippen LogP contribution < -0.4 is 5.32 Å². The summed E-state index contributed by atoms with van der Waals surface area (Å²) in [4.78, 5) is 4.34. The van der Waals surface area contributed by atoms with E-state index in [2.05, 4.69) is 30.9 Å². The van der Waals surface area contributed by atoms with Crippen molar-refractivity contribution in [3.8, 4) is 11.5 Å². The van der Waals surface area contributed by atoms with Gasteiger partial charge in [0.1, 0.15) is 0 Å². The van der Waals surface area contributed by atoms with Gasteiger partial charge in [0.15, 0.2) is 5.69 Å². The van der Waals surface area contributed by atoms with Gasteiger partial charge in [0.25, 0.3) is 0 Å². The molecule has 0 spiro atoms. The Bertz CT molecular complexity index is 444. The Labute approximate surface area is 91.6 Å². The van der Waals surface area contributed by atoms with E-state index in [9.17, 15) is 0 Å². The molecule has 1 fully saturated rings. The highest BCUT2D eigenvalue weighted by Crippen LogP contribution is 2.23. The van der Waals surface area contributed by atoms with Gasteiger partial charge in [-0.1, -0.05) is 5.16 Å². The van der Waals surface area contributed by atoms with E-state index < -0.39 is 0 Å². The Morgan fingerprint density at radius 1 is 1.44 bits per heavy atom. The Morgan fingerprint density at radius 3 is 3.19 bits per heavy atom. The molecule has 0 bridgehead atoms. The molecule has 2 aromatic rings. The SMILES string of the molecule is c1n[nH]nc1-c1noc([C@H]2CCCNC2)n1. The predicted octanol–water partition coefficient (Wildman–Crippen LogP) is 0.322. The lowest BCUT2D eigenvalue weighted by Gasteiger charge is -2.18. The number of rotatable bonds is 2. The molecule has 2 aromatic heterocycles. The van der Waals surface area contributed by atoms with Gasteiger partial charge in [-0.05, 0) is 19.4 Å². The van der Waals surface area contributed by atoms with Crippen molar-refractivity contribution in [1.82, 2.24) is 30.9 Å². The van der Waals surface area contributed by atoms with Crippen LogP contribution in [0.3, 0.4) is 0 Å². The Hall–Kier alpha value is -1.76. The first kappa shape index (κ1) is 9.46. The third kappa shape index (κ3) is 1.69. The first-order valence-electron chi connectivity index (χ1n) is 5.34. The highest BCUT2D eigenvalue weighted by molar-refractivity contribution is 5.44. The maximum Gasteiger partial charge on any atom is 0.231 e. The zero-order valence-electron chi connectivity index (χ0n) is 8.68. The molecule has 0 radical (unpaired) electrons. The van der Waals surface area contributed by atoms with Gasteiger partial charge in [-0.25, -0.2) is 0 Å². The number of nitrogens with zero attached hydrogens (tertiary/aromatic N) is 4. The quantitative estimate of drug-likeness (QED) is 0.757. The summed E-state index contributed by atoms with van der Waals surface area (Å²) in [6.07, 6.45) is 3.81. The molecule has 0 unspecified atom stereocenters.